The van der Waals surface area contributed by atoms with Crippen molar-refractivity contribution in [2.24, 2.45) is 17.8 Å². The molecule has 0 aromatic heterocycles. The number of anilines is 1. The SMILES string of the molecule is CCCCC[C@H](O)/C=C/[C@H]1CCC(=O)[C@@H]1CCCCCCC(=O)NC(CC(C)C)C(=O)OCc1ccc(N([O-])O)cc1. The molecule has 1 saturated carbocycles. The number of unbranched alkanes of at least 4 members (excludes halogenated alkanes) is 5. The van der Waals surface area contributed by atoms with Crippen LogP contribution in [0.2, 0.25) is 0 Å². The molecule has 1 amide bonds. The van der Waals surface area contributed by atoms with Gasteiger partial charge < -0.3 is 25.6 Å². The van der Waals surface area contributed by atoms with Gasteiger partial charge in [0.2, 0.25) is 5.91 Å². The van der Waals surface area contributed by atoms with Crippen LogP contribution in [0, 0.1) is 23.0 Å². The Morgan fingerprint density at radius 1 is 1.12 bits per heavy atom. The van der Waals surface area contributed by atoms with E-state index in [9.17, 15) is 24.7 Å². The topological polar surface area (TPSA) is 139 Å². The highest BCUT2D eigenvalue weighted by Crippen LogP contribution is 2.34. The molecule has 42 heavy (non-hydrogen) atoms. The number of esters is 1. The molecule has 9 nitrogen and oxygen atoms in total. The van der Waals surface area contributed by atoms with Crippen molar-refractivity contribution in [2.75, 3.05) is 5.23 Å². The quantitative estimate of drug-likeness (QED) is 0.0690. The number of hydrogen-bond acceptors (Lipinski definition) is 8. The van der Waals surface area contributed by atoms with Crippen molar-refractivity contribution < 1.29 is 29.4 Å². The van der Waals surface area contributed by atoms with Gasteiger partial charge in [-0.3, -0.25) is 14.8 Å². The van der Waals surface area contributed by atoms with Crippen molar-refractivity contribution in [2.45, 2.75) is 123 Å². The molecule has 9 heteroatoms. The molecule has 3 N–H and O–H groups in total. The number of carbonyl (C=O) groups excluding carboxylic acids is 3. The Bertz CT molecular complexity index is 977. The van der Waals surface area contributed by atoms with Crippen LogP contribution in [-0.4, -0.2) is 40.1 Å². The lowest BCUT2D eigenvalue weighted by Gasteiger charge is -2.22. The number of allylic oxidation sites excluding steroid dienone is 1. The van der Waals surface area contributed by atoms with Crippen molar-refractivity contribution in [3.05, 3.63) is 47.2 Å². The predicted octanol–water partition coefficient (Wildman–Crippen LogP) is 6.39. The van der Waals surface area contributed by atoms with Gasteiger partial charge in [-0.05, 0) is 61.6 Å². The van der Waals surface area contributed by atoms with E-state index in [4.69, 9.17) is 9.94 Å². The van der Waals surface area contributed by atoms with E-state index in [-0.39, 0.29) is 41.2 Å². The molecule has 1 aliphatic rings. The number of carbonyl (C=O) groups is 3. The van der Waals surface area contributed by atoms with Gasteiger partial charge in [0.25, 0.3) is 0 Å². The highest BCUT2D eigenvalue weighted by atomic mass is 16.8. The fourth-order valence-corrected chi connectivity index (χ4v) is 5.44. The van der Waals surface area contributed by atoms with E-state index in [0.29, 0.717) is 37.0 Å². The second kappa shape index (κ2) is 19.4. The van der Waals surface area contributed by atoms with E-state index in [2.05, 4.69) is 18.3 Å². The van der Waals surface area contributed by atoms with Crippen LogP contribution in [0.15, 0.2) is 36.4 Å². The number of aliphatic hydroxyl groups is 1. The summed E-state index contributed by atoms with van der Waals surface area (Å²) in [5, 5.41) is 32.6. The van der Waals surface area contributed by atoms with Crippen molar-refractivity contribution in [1.29, 1.82) is 0 Å². The molecule has 1 aromatic carbocycles. The molecule has 236 valence electrons. The summed E-state index contributed by atoms with van der Waals surface area (Å²) in [5.74, 6) is 0.0510. The Hall–Kier alpha value is -2.75. The number of benzene rings is 1. The van der Waals surface area contributed by atoms with Gasteiger partial charge in [0.05, 0.1) is 11.8 Å². The molecule has 1 fully saturated rings. The third kappa shape index (κ3) is 13.5. The van der Waals surface area contributed by atoms with Gasteiger partial charge in [-0.15, -0.1) is 0 Å². The summed E-state index contributed by atoms with van der Waals surface area (Å²) in [4.78, 5) is 37.8. The number of amides is 1. The summed E-state index contributed by atoms with van der Waals surface area (Å²) in [6, 6.07) is 5.27. The average molecular weight is 588 g/mol. The number of nitrogens with one attached hydrogen (secondary N) is 1. The van der Waals surface area contributed by atoms with Crippen molar-refractivity contribution in [3.8, 4) is 0 Å². The minimum absolute atomic E-state index is 0.00640. The molecule has 0 saturated heterocycles. The Morgan fingerprint density at radius 3 is 2.50 bits per heavy atom. The van der Waals surface area contributed by atoms with E-state index in [1.807, 2.05) is 19.9 Å². The summed E-state index contributed by atoms with van der Waals surface area (Å²) in [5.41, 5.74) is 0.734. The smallest absolute Gasteiger partial charge is 0.328 e. The molecule has 0 radical (unpaired) electrons. The Labute approximate surface area is 251 Å². The fourth-order valence-electron chi connectivity index (χ4n) is 5.44. The summed E-state index contributed by atoms with van der Waals surface area (Å²) in [7, 11) is 0. The summed E-state index contributed by atoms with van der Waals surface area (Å²) < 4.78 is 5.41. The average Bonchev–Trinajstić information content (AvgIpc) is 3.30. The van der Waals surface area contributed by atoms with Crippen molar-refractivity contribution in [3.63, 3.8) is 0 Å². The van der Waals surface area contributed by atoms with Gasteiger partial charge >= 0.3 is 5.97 Å². The first-order valence-corrected chi connectivity index (χ1v) is 15.7. The minimum atomic E-state index is -0.741. The van der Waals surface area contributed by atoms with Crippen molar-refractivity contribution >= 4 is 23.3 Å². The number of rotatable bonds is 20. The zero-order valence-corrected chi connectivity index (χ0v) is 25.6. The van der Waals surface area contributed by atoms with Crippen LogP contribution < -0.4 is 10.5 Å². The summed E-state index contributed by atoms with van der Waals surface area (Å²) in [6.45, 7) is 6.08. The number of ketones is 1. The first-order chi connectivity index (χ1) is 20.1. The third-order valence-corrected chi connectivity index (χ3v) is 7.87. The molecule has 1 unspecified atom stereocenters. The molecule has 0 heterocycles. The fraction of sp³-hybridized carbons (Fsp3) is 0.667. The lowest BCUT2D eigenvalue weighted by atomic mass is 9.89. The second-order valence-electron chi connectivity index (χ2n) is 12.0. The van der Waals surface area contributed by atoms with Gasteiger partial charge in [0.1, 0.15) is 18.4 Å². The molecule has 4 atom stereocenters. The summed E-state index contributed by atoms with van der Waals surface area (Å²) in [6.07, 6.45) is 14.1. The highest BCUT2D eigenvalue weighted by Gasteiger charge is 2.32. The van der Waals surface area contributed by atoms with E-state index < -0.39 is 18.1 Å². The predicted molar refractivity (Wildman–Crippen MR) is 163 cm³/mol. The van der Waals surface area contributed by atoms with Crippen LogP contribution in [0.4, 0.5) is 5.69 Å². The van der Waals surface area contributed by atoms with Crippen LogP contribution in [0.5, 0.6) is 0 Å². The molecule has 0 bridgehead atoms. The van der Waals surface area contributed by atoms with E-state index >= 15 is 0 Å². The van der Waals surface area contributed by atoms with Gasteiger partial charge in [-0.1, -0.05) is 83.6 Å². The number of aliphatic hydroxyl groups excluding tert-OH is 1. The maximum Gasteiger partial charge on any atom is 0.328 e. The van der Waals surface area contributed by atoms with Crippen LogP contribution in [-0.2, 0) is 25.7 Å². The van der Waals surface area contributed by atoms with Gasteiger partial charge in [-0.25, -0.2) is 4.79 Å². The number of hydrogen-bond donors (Lipinski definition) is 3. The maximum atomic E-state index is 12.7. The first kappa shape index (κ1) is 35.4. The van der Waals surface area contributed by atoms with Gasteiger partial charge in [-0.2, -0.15) is 0 Å². The molecular formula is C33H51N2O7-. The van der Waals surface area contributed by atoms with Crippen LogP contribution in [0.25, 0.3) is 0 Å². The molecule has 1 aromatic rings. The Balaban J connectivity index is 1.69. The minimum Gasteiger partial charge on any atom is -0.733 e. The van der Waals surface area contributed by atoms with E-state index in [0.717, 1.165) is 57.8 Å². The molecular weight excluding hydrogens is 536 g/mol. The zero-order chi connectivity index (χ0) is 30.9. The Kier molecular flexibility index (Phi) is 16.4. The molecule has 0 aliphatic heterocycles. The van der Waals surface area contributed by atoms with Gasteiger partial charge in [0.15, 0.2) is 0 Å². The maximum absolute atomic E-state index is 12.7. The lowest BCUT2D eigenvalue weighted by molar-refractivity contribution is -0.149. The lowest BCUT2D eigenvalue weighted by Crippen LogP contribution is -2.42. The number of Topliss-reactive ketones (excluding diaryl/α,β-unsaturated/α-hetero) is 1. The first-order valence-electron chi connectivity index (χ1n) is 15.7. The molecule has 2 rings (SSSR count). The number of ether oxygens (including phenoxy) is 1. The largest absolute Gasteiger partial charge is 0.733 e. The van der Waals surface area contributed by atoms with Gasteiger partial charge in [0, 0.05) is 18.8 Å². The molecule has 0 spiro atoms. The van der Waals surface area contributed by atoms with E-state index in [1.165, 1.54) is 12.1 Å². The molecule has 1 aliphatic carbocycles. The van der Waals surface area contributed by atoms with Crippen LogP contribution in [0.3, 0.4) is 0 Å². The normalized spacial score (nSPS) is 18.4. The third-order valence-electron chi connectivity index (χ3n) is 7.87. The van der Waals surface area contributed by atoms with Crippen molar-refractivity contribution in [1.82, 2.24) is 5.32 Å². The second-order valence-corrected chi connectivity index (χ2v) is 12.0. The standard InChI is InChI=1S/C33H51N2O7/c1-4-5-8-11-28(36)20-16-26-17-21-31(37)29(26)12-9-6-7-10-13-32(38)34-30(22-24(2)3)33(39)42-23-25-14-18-27(19-15-25)35(40)41/h14-16,18-20,24,26,28-30,36,40H,4-13,17,21-23H2,1-3H3,(H,34,38)/q-1/b20-16+/t26-,28-,29+,30?/m0/s1. The Morgan fingerprint density at radius 2 is 1.83 bits per heavy atom. The highest BCUT2D eigenvalue weighted by molar-refractivity contribution is 5.84. The monoisotopic (exact) mass is 587 g/mol. The van der Waals surface area contributed by atoms with Crippen LogP contribution in [0.1, 0.15) is 110 Å². The van der Waals surface area contributed by atoms with Crippen LogP contribution >= 0.6 is 0 Å². The number of nitrogens with zero attached hydrogens (tertiary/aromatic N) is 1. The zero-order valence-electron chi connectivity index (χ0n) is 25.6. The summed E-state index contributed by atoms with van der Waals surface area (Å²) >= 11 is 0. The van der Waals surface area contributed by atoms with E-state index in [1.54, 1.807) is 12.1 Å².